The third kappa shape index (κ3) is 3.21. The maximum atomic E-state index is 12.4. The van der Waals surface area contributed by atoms with Crippen molar-refractivity contribution in [1.29, 1.82) is 0 Å². The molecule has 0 amide bonds. The normalized spacial score (nSPS) is 15.0. The number of methoxy groups -OCH3 is 1. The van der Waals surface area contributed by atoms with Gasteiger partial charge in [-0.05, 0) is 17.7 Å². The molecule has 4 nitrogen and oxygen atoms in total. The number of aliphatic hydroxyl groups is 2. The van der Waals surface area contributed by atoms with Gasteiger partial charge in [0.1, 0.15) is 6.10 Å². The highest BCUT2D eigenvalue weighted by molar-refractivity contribution is 5.75. The van der Waals surface area contributed by atoms with Crippen LogP contribution in [0.2, 0.25) is 0 Å². The number of carbonyl (C=O) groups excluding carboxylic acids is 1. The number of rotatable bonds is 3. The molecule has 18 heavy (non-hydrogen) atoms. The Morgan fingerprint density at radius 1 is 1.33 bits per heavy atom. The monoisotopic (exact) mass is 264 g/mol. The standard InChI is InChI=1S/C11H11F3O4/c1-18-10(17)9(16)8(15)6-3-2-4-7(5-6)11(12,13)14/h2-5,8-9,15-16H,1H3. The number of alkyl halides is 3. The van der Waals surface area contributed by atoms with E-state index in [1.165, 1.54) is 6.07 Å². The number of hydrogen-bond donors (Lipinski definition) is 2. The van der Waals surface area contributed by atoms with Gasteiger partial charge in [-0.25, -0.2) is 4.79 Å². The van der Waals surface area contributed by atoms with Crippen molar-refractivity contribution in [3.05, 3.63) is 35.4 Å². The molecule has 2 unspecified atom stereocenters. The molecule has 1 rings (SSSR count). The van der Waals surface area contributed by atoms with Crippen LogP contribution in [0.25, 0.3) is 0 Å². The van der Waals surface area contributed by atoms with Gasteiger partial charge in [-0.2, -0.15) is 13.2 Å². The summed E-state index contributed by atoms with van der Waals surface area (Å²) < 4.78 is 41.4. The molecule has 0 bridgehead atoms. The molecule has 0 heterocycles. The molecule has 2 atom stereocenters. The molecule has 1 aromatic rings. The van der Waals surface area contributed by atoms with Crippen molar-refractivity contribution in [3.63, 3.8) is 0 Å². The van der Waals surface area contributed by atoms with Gasteiger partial charge in [0, 0.05) is 0 Å². The Hall–Kier alpha value is -1.60. The van der Waals surface area contributed by atoms with Gasteiger partial charge in [0.25, 0.3) is 0 Å². The molecule has 0 aromatic heterocycles. The average Bonchev–Trinajstić information content (AvgIpc) is 2.35. The lowest BCUT2D eigenvalue weighted by Crippen LogP contribution is -2.29. The molecule has 0 fully saturated rings. The zero-order chi connectivity index (χ0) is 13.9. The second-order valence-corrected chi connectivity index (χ2v) is 3.54. The number of carbonyl (C=O) groups is 1. The van der Waals surface area contributed by atoms with Gasteiger partial charge in [0.05, 0.1) is 12.7 Å². The van der Waals surface area contributed by atoms with Crippen molar-refractivity contribution >= 4 is 5.97 Å². The fourth-order valence-electron chi connectivity index (χ4n) is 1.33. The van der Waals surface area contributed by atoms with Gasteiger partial charge < -0.3 is 14.9 Å². The Bertz CT molecular complexity index is 431. The summed E-state index contributed by atoms with van der Waals surface area (Å²) in [6.07, 6.45) is -8.27. The van der Waals surface area contributed by atoms with Crippen LogP contribution in [-0.4, -0.2) is 29.4 Å². The van der Waals surface area contributed by atoms with Gasteiger partial charge >= 0.3 is 12.1 Å². The fraction of sp³-hybridized carbons (Fsp3) is 0.364. The highest BCUT2D eigenvalue weighted by atomic mass is 19.4. The summed E-state index contributed by atoms with van der Waals surface area (Å²) in [7, 11) is 0.990. The SMILES string of the molecule is COC(=O)C(O)C(O)c1cccc(C(F)(F)F)c1. The summed E-state index contributed by atoms with van der Waals surface area (Å²) in [4.78, 5) is 11.0. The Balaban J connectivity index is 3.00. The van der Waals surface area contributed by atoms with E-state index in [0.29, 0.717) is 6.07 Å². The van der Waals surface area contributed by atoms with E-state index in [9.17, 15) is 28.2 Å². The molecule has 0 saturated heterocycles. The Labute approximate surface area is 101 Å². The molecule has 0 spiro atoms. The van der Waals surface area contributed by atoms with Crippen LogP contribution >= 0.6 is 0 Å². The quantitative estimate of drug-likeness (QED) is 0.807. The highest BCUT2D eigenvalue weighted by Gasteiger charge is 2.32. The Kier molecular flexibility index (Phi) is 4.31. The van der Waals surface area contributed by atoms with E-state index >= 15 is 0 Å². The van der Waals surface area contributed by atoms with Gasteiger partial charge in [0.2, 0.25) is 0 Å². The van der Waals surface area contributed by atoms with Crippen molar-refractivity contribution in [2.24, 2.45) is 0 Å². The van der Waals surface area contributed by atoms with Crippen molar-refractivity contribution < 1.29 is 32.9 Å². The van der Waals surface area contributed by atoms with Crippen LogP contribution in [0.3, 0.4) is 0 Å². The highest BCUT2D eigenvalue weighted by Crippen LogP contribution is 2.31. The topological polar surface area (TPSA) is 66.8 Å². The number of aliphatic hydroxyl groups excluding tert-OH is 2. The van der Waals surface area contributed by atoms with Crippen molar-refractivity contribution in [2.45, 2.75) is 18.4 Å². The van der Waals surface area contributed by atoms with Crippen LogP contribution in [0.1, 0.15) is 17.2 Å². The van der Waals surface area contributed by atoms with E-state index in [2.05, 4.69) is 4.74 Å². The first-order valence-electron chi connectivity index (χ1n) is 4.88. The summed E-state index contributed by atoms with van der Waals surface area (Å²) in [5, 5.41) is 18.9. The molecule has 0 aliphatic carbocycles. The molecule has 0 aliphatic rings. The maximum Gasteiger partial charge on any atom is 0.416 e. The molecule has 0 aliphatic heterocycles. The van der Waals surface area contributed by atoms with Gasteiger partial charge in [-0.15, -0.1) is 0 Å². The van der Waals surface area contributed by atoms with Crippen LogP contribution in [0.15, 0.2) is 24.3 Å². The minimum Gasteiger partial charge on any atom is -0.467 e. The lowest BCUT2D eigenvalue weighted by Gasteiger charge is -2.17. The minimum atomic E-state index is -4.56. The van der Waals surface area contributed by atoms with E-state index in [1.54, 1.807) is 0 Å². The van der Waals surface area contributed by atoms with Crippen molar-refractivity contribution in [1.82, 2.24) is 0 Å². The summed E-state index contributed by atoms with van der Waals surface area (Å²) in [6, 6.07) is 3.73. The van der Waals surface area contributed by atoms with Crippen molar-refractivity contribution in [2.75, 3.05) is 7.11 Å². The van der Waals surface area contributed by atoms with Gasteiger partial charge in [-0.1, -0.05) is 12.1 Å². The van der Waals surface area contributed by atoms with Crippen LogP contribution in [0.5, 0.6) is 0 Å². The molecular weight excluding hydrogens is 253 g/mol. The summed E-state index contributed by atoms with van der Waals surface area (Å²) in [5.41, 5.74) is -1.20. The van der Waals surface area contributed by atoms with E-state index in [-0.39, 0.29) is 5.56 Å². The molecule has 1 aromatic carbocycles. The number of hydrogen-bond acceptors (Lipinski definition) is 4. The first-order chi connectivity index (χ1) is 8.27. The largest absolute Gasteiger partial charge is 0.467 e. The summed E-state index contributed by atoms with van der Waals surface area (Å²) >= 11 is 0. The molecule has 100 valence electrons. The van der Waals surface area contributed by atoms with Crippen LogP contribution in [-0.2, 0) is 15.7 Å². The first kappa shape index (κ1) is 14.5. The molecule has 0 saturated carbocycles. The molecular formula is C11H11F3O4. The minimum absolute atomic E-state index is 0.220. The summed E-state index contributed by atoms with van der Waals surface area (Å²) in [6.45, 7) is 0. The molecule has 7 heteroatoms. The predicted octanol–water partition coefficient (Wildman–Crippen LogP) is 1.27. The summed E-state index contributed by atoms with van der Waals surface area (Å²) in [5.74, 6) is -1.13. The first-order valence-corrected chi connectivity index (χ1v) is 4.88. The van der Waals surface area contributed by atoms with E-state index in [4.69, 9.17) is 0 Å². The number of ether oxygens (including phenoxy) is 1. The van der Waals surface area contributed by atoms with E-state index in [0.717, 1.165) is 19.2 Å². The number of benzene rings is 1. The Morgan fingerprint density at radius 2 is 1.94 bits per heavy atom. The number of esters is 1. The van der Waals surface area contributed by atoms with E-state index in [1.807, 2.05) is 0 Å². The third-order valence-corrected chi connectivity index (χ3v) is 2.30. The predicted molar refractivity (Wildman–Crippen MR) is 54.4 cm³/mol. The third-order valence-electron chi connectivity index (χ3n) is 2.30. The fourth-order valence-corrected chi connectivity index (χ4v) is 1.33. The van der Waals surface area contributed by atoms with Gasteiger partial charge in [-0.3, -0.25) is 0 Å². The van der Waals surface area contributed by atoms with Crippen LogP contribution < -0.4 is 0 Å². The Morgan fingerprint density at radius 3 is 2.44 bits per heavy atom. The smallest absolute Gasteiger partial charge is 0.416 e. The second kappa shape index (κ2) is 5.36. The average molecular weight is 264 g/mol. The maximum absolute atomic E-state index is 12.4. The second-order valence-electron chi connectivity index (χ2n) is 3.54. The van der Waals surface area contributed by atoms with Crippen LogP contribution in [0.4, 0.5) is 13.2 Å². The molecule has 0 radical (unpaired) electrons. The lowest BCUT2D eigenvalue weighted by molar-refractivity contribution is -0.156. The lowest BCUT2D eigenvalue weighted by atomic mass is 10.0. The van der Waals surface area contributed by atoms with Gasteiger partial charge in [0.15, 0.2) is 6.10 Å². The zero-order valence-corrected chi connectivity index (χ0v) is 9.31. The van der Waals surface area contributed by atoms with Crippen molar-refractivity contribution in [3.8, 4) is 0 Å². The van der Waals surface area contributed by atoms with Crippen LogP contribution in [0, 0.1) is 0 Å². The molecule has 2 N–H and O–H groups in total. The number of halogens is 3. The van der Waals surface area contributed by atoms with E-state index < -0.39 is 29.9 Å². The zero-order valence-electron chi connectivity index (χ0n) is 9.31.